The lowest BCUT2D eigenvalue weighted by Gasteiger charge is -1.99. The maximum Gasteiger partial charge on any atom is 0.286 e. The van der Waals surface area contributed by atoms with Crippen molar-refractivity contribution in [3.8, 4) is 0 Å². The van der Waals surface area contributed by atoms with Gasteiger partial charge in [0.1, 0.15) is 4.60 Å². The third-order valence-corrected chi connectivity index (χ3v) is 3.72. The molecule has 4 nitrogen and oxygen atoms in total. The van der Waals surface area contributed by atoms with Gasteiger partial charge in [-0.05, 0) is 37.9 Å². The maximum absolute atomic E-state index is 11.5. The van der Waals surface area contributed by atoms with Crippen molar-refractivity contribution in [2.45, 2.75) is 0 Å². The summed E-state index contributed by atoms with van der Waals surface area (Å²) in [6.07, 6.45) is 4.20. The number of amides is 1. The Bertz CT molecular complexity index is 513. The van der Waals surface area contributed by atoms with Gasteiger partial charge in [-0.3, -0.25) is 4.79 Å². The van der Waals surface area contributed by atoms with E-state index in [1.165, 1.54) is 18.7 Å². The largest absolute Gasteiger partial charge is 0.286 e. The first-order valence-electron chi connectivity index (χ1n) is 3.82. The summed E-state index contributed by atoms with van der Waals surface area (Å²) in [5.74, 6) is -0.523. The van der Waals surface area contributed by atoms with Crippen LogP contribution in [0.5, 0.6) is 0 Å². The molecule has 0 radical (unpaired) electrons. The monoisotopic (exact) mass is 354 g/mol. The van der Waals surface area contributed by atoms with Crippen LogP contribution in [0.1, 0.15) is 10.4 Å². The molecule has 82 valence electrons. The zero-order valence-corrected chi connectivity index (χ0v) is 12.0. The summed E-state index contributed by atoms with van der Waals surface area (Å²) < 4.78 is 16.1. The van der Waals surface area contributed by atoms with Crippen molar-refractivity contribution in [2.24, 2.45) is 4.36 Å². The predicted molar refractivity (Wildman–Crippen MR) is 66.4 cm³/mol. The van der Waals surface area contributed by atoms with E-state index in [4.69, 9.17) is 0 Å². The first kappa shape index (κ1) is 12.8. The second kappa shape index (κ2) is 4.71. The quantitative estimate of drug-likeness (QED) is 0.727. The molecule has 0 unspecified atom stereocenters. The van der Waals surface area contributed by atoms with Crippen molar-refractivity contribution < 1.29 is 9.00 Å². The number of hydrogen-bond donors (Lipinski definition) is 0. The van der Waals surface area contributed by atoms with Crippen molar-refractivity contribution in [1.82, 2.24) is 4.98 Å². The minimum Gasteiger partial charge on any atom is -0.266 e. The third kappa shape index (κ3) is 4.00. The van der Waals surface area contributed by atoms with E-state index in [0.29, 0.717) is 14.6 Å². The van der Waals surface area contributed by atoms with E-state index < -0.39 is 15.6 Å². The fraction of sp³-hybridized carbons (Fsp3) is 0.250. The number of carbonyl (C=O) groups excluding carboxylic acids is 1. The van der Waals surface area contributed by atoms with Crippen LogP contribution in [-0.4, -0.2) is 27.6 Å². The van der Waals surface area contributed by atoms with E-state index in [2.05, 4.69) is 41.2 Å². The van der Waals surface area contributed by atoms with Gasteiger partial charge in [-0.15, -0.1) is 0 Å². The van der Waals surface area contributed by atoms with Gasteiger partial charge in [-0.1, -0.05) is 0 Å². The van der Waals surface area contributed by atoms with Crippen molar-refractivity contribution in [2.75, 3.05) is 12.5 Å². The molecule has 0 aromatic carbocycles. The molecule has 1 heterocycles. The summed E-state index contributed by atoms with van der Waals surface area (Å²) in [6.45, 7) is 0. The molecule has 0 aliphatic rings. The van der Waals surface area contributed by atoms with Crippen LogP contribution >= 0.6 is 31.9 Å². The second-order valence-corrected chi connectivity index (χ2v) is 7.22. The first-order chi connectivity index (χ1) is 6.79. The van der Waals surface area contributed by atoms with Crippen LogP contribution in [0.4, 0.5) is 0 Å². The number of halogens is 2. The lowest BCUT2D eigenvalue weighted by molar-refractivity contribution is 0.100. The van der Waals surface area contributed by atoms with Crippen LogP contribution in [-0.2, 0) is 9.73 Å². The molecule has 1 amide bonds. The van der Waals surface area contributed by atoms with Gasteiger partial charge in [-0.2, -0.15) is 4.36 Å². The highest BCUT2D eigenvalue weighted by atomic mass is 79.9. The fourth-order valence-corrected chi connectivity index (χ4v) is 1.86. The molecule has 7 heteroatoms. The summed E-state index contributed by atoms with van der Waals surface area (Å²) in [6, 6.07) is 1.58. The van der Waals surface area contributed by atoms with E-state index in [9.17, 15) is 9.00 Å². The fourth-order valence-electron chi connectivity index (χ4n) is 0.791. The smallest absolute Gasteiger partial charge is 0.266 e. The molecule has 0 fully saturated rings. The highest BCUT2D eigenvalue weighted by molar-refractivity contribution is 9.13. The van der Waals surface area contributed by atoms with Crippen LogP contribution in [0.3, 0.4) is 0 Å². The number of aromatic nitrogens is 1. The third-order valence-electron chi connectivity index (χ3n) is 1.35. The zero-order chi connectivity index (χ0) is 11.6. The topological polar surface area (TPSA) is 59.4 Å². The van der Waals surface area contributed by atoms with Crippen LogP contribution < -0.4 is 0 Å². The van der Waals surface area contributed by atoms with Crippen molar-refractivity contribution in [3.05, 3.63) is 26.9 Å². The number of hydrogen-bond acceptors (Lipinski definition) is 3. The normalized spacial score (nSPS) is 11.2. The number of nitrogens with zero attached hydrogens (tertiary/aromatic N) is 2. The van der Waals surface area contributed by atoms with E-state index >= 15 is 0 Å². The Morgan fingerprint density at radius 1 is 1.47 bits per heavy atom. The average Bonchev–Trinajstić information content (AvgIpc) is 2.06. The summed E-state index contributed by atoms with van der Waals surface area (Å²) in [5, 5.41) is 0. The van der Waals surface area contributed by atoms with Gasteiger partial charge in [0.2, 0.25) is 0 Å². The highest BCUT2D eigenvalue weighted by Crippen LogP contribution is 2.21. The summed E-state index contributed by atoms with van der Waals surface area (Å²) in [4.78, 5) is 15.4. The van der Waals surface area contributed by atoms with Gasteiger partial charge in [0, 0.05) is 28.4 Å². The standard InChI is InChI=1S/C8H8Br2N2O2S/c1-15(2,14)12-8(13)5-3-6(9)7(10)11-4-5/h3-4H,1-2H3. The Labute approximate surface area is 105 Å². The Morgan fingerprint density at radius 2 is 2.07 bits per heavy atom. The number of carbonyl (C=O) groups is 1. The minimum absolute atomic E-state index is 0.307. The average molecular weight is 356 g/mol. The van der Waals surface area contributed by atoms with E-state index in [-0.39, 0.29) is 0 Å². The van der Waals surface area contributed by atoms with E-state index in [1.54, 1.807) is 6.07 Å². The molecule has 0 N–H and O–H groups in total. The first-order valence-corrected chi connectivity index (χ1v) is 7.74. The van der Waals surface area contributed by atoms with Gasteiger partial charge in [0.25, 0.3) is 5.91 Å². The summed E-state index contributed by atoms with van der Waals surface area (Å²) in [7, 11) is -2.42. The molecular formula is C8H8Br2N2O2S. The van der Waals surface area contributed by atoms with E-state index in [0.717, 1.165) is 0 Å². The highest BCUT2D eigenvalue weighted by Gasteiger charge is 2.08. The van der Waals surface area contributed by atoms with Crippen LogP contribution in [0.2, 0.25) is 0 Å². The Hall–Kier alpha value is -0.270. The van der Waals surface area contributed by atoms with Crippen molar-refractivity contribution in [3.63, 3.8) is 0 Å². The van der Waals surface area contributed by atoms with Crippen molar-refractivity contribution in [1.29, 1.82) is 0 Å². The molecular weight excluding hydrogens is 348 g/mol. The molecule has 1 rings (SSSR count). The zero-order valence-electron chi connectivity index (χ0n) is 8.03. The van der Waals surface area contributed by atoms with Crippen LogP contribution in [0, 0.1) is 0 Å². The molecule has 0 aliphatic heterocycles. The Kier molecular flexibility index (Phi) is 4.02. The van der Waals surface area contributed by atoms with Crippen LogP contribution in [0.15, 0.2) is 25.7 Å². The molecule has 0 saturated carbocycles. The van der Waals surface area contributed by atoms with Gasteiger partial charge >= 0.3 is 0 Å². The predicted octanol–water partition coefficient (Wildman–Crippen LogP) is 2.47. The summed E-state index contributed by atoms with van der Waals surface area (Å²) >= 11 is 6.40. The van der Waals surface area contributed by atoms with Gasteiger partial charge in [0.05, 0.1) is 10.0 Å². The lowest BCUT2D eigenvalue weighted by atomic mass is 10.3. The molecule has 1 aromatic rings. The minimum atomic E-state index is -2.42. The molecule has 0 aliphatic carbocycles. The second-order valence-electron chi connectivity index (χ2n) is 3.07. The lowest BCUT2D eigenvalue weighted by Crippen LogP contribution is -2.01. The molecule has 0 atom stereocenters. The maximum atomic E-state index is 11.5. The van der Waals surface area contributed by atoms with E-state index in [1.807, 2.05) is 0 Å². The van der Waals surface area contributed by atoms with Gasteiger partial charge < -0.3 is 0 Å². The molecule has 15 heavy (non-hydrogen) atoms. The van der Waals surface area contributed by atoms with Gasteiger partial charge in [0.15, 0.2) is 0 Å². The molecule has 1 aromatic heterocycles. The summed E-state index contributed by atoms with van der Waals surface area (Å²) in [5.41, 5.74) is 0.307. The van der Waals surface area contributed by atoms with Gasteiger partial charge in [-0.25, -0.2) is 9.19 Å². The Balaban J connectivity index is 3.14. The SMILES string of the molecule is CS(C)(=O)=NC(=O)c1cnc(Br)c(Br)c1. The number of rotatable bonds is 1. The van der Waals surface area contributed by atoms with Crippen molar-refractivity contribution >= 4 is 47.5 Å². The number of pyridine rings is 1. The van der Waals surface area contributed by atoms with Crippen LogP contribution in [0.25, 0.3) is 0 Å². The Morgan fingerprint density at radius 3 is 2.53 bits per heavy atom. The molecule has 0 spiro atoms. The molecule has 0 saturated heterocycles. The molecule has 0 bridgehead atoms.